The van der Waals surface area contributed by atoms with Gasteiger partial charge in [0.15, 0.2) is 0 Å². The lowest BCUT2D eigenvalue weighted by Crippen LogP contribution is -2.52. The molecule has 3 nitrogen and oxygen atoms in total. The zero-order valence-corrected chi connectivity index (χ0v) is 17.5. The van der Waals surface area contributed by atoms with Crippen molar-refractivity contribution in [3.63, 3.8) is 0 Å². The lowest BCUT2D eigenvalue weighted by molar-refractivity contribution is 0.0192. The summed E-state index contributed by atoms with van der Waals surface area (Å²) >= 11 is 0. The molecule has 0 aliphatic carbocycles. The second-order valence-electron chi connectivity index (χ2n) is 8.33. The summed E-state index contributed by atoms with van der Waals surface area (Å²) in [4.78, 5) is 2.46. The zero-order valence-electron chi connectivity index (χ0n) is 17.5. The van der Waals surface area contributed by atoms with E-state index >= 15 is 0 Å². The molecule has 1 saturated heterocycles. The molecule has 1 fully saturated rings. The summed E-state index contributed by atoms with van der Waals surface area (Å²) in [6, 6.07) is 32.0. The van der Waals surface area contributed by atoms with E-state index in [0.717, 1.165) is 38.9 Å². The molecule has 0 amide bonds. The van der Waals surface area contributed by atoms with Crippen molar-refractivity contribution >= 4 is 0 Å². The first-order chi connectivity index (χ1) is 14.8. The Bertz CT molecular complexity index is 822. The molecule has 3 aromatic carbocycles. The van der Waals surface area contributed by atoms with Gasteiger partial charge in [0.1, 0.15) is 0 Å². The van der Waals surface area contributed by atoms with Gasteiger partial charge in [-0.25, -0.2) is 0 Å². The summed E-state index contributed by atoms with van der Waals surface area (Å²) in [6.07, 6.45) is 2.59. The van der Waals surface area contributed by atoms with Gasteiger partial charge in [-0.1, -0.05) is 91.0 Å². The number of aliphatic hydroxyl groups excluding tert-OH is 1. The highest BCUT2D eigenvalue weighted by Crippen LogP contribution is 2.23. The predicted octanol–water partition coefficient (Wildman–Crippen LogP) is 4.41. The molecule has 1 aliphatic heterocycles. The second kappa shape index (κ2) is 10.5. The number of hydrogen-bond acceptors (Lipinski definition) is 3. The summed E-state index contributed by atoms with van der Waals surface area (Å²) in [5.74, 6) is 0. The van der Waals surface area contributed by atoms with E-state index in [1.165, 1.54) is 16.7 Å². The van der Waals surface area contributed by atoms with Crippen LogP contribution in [0.1, 0.15) is 29.5 Å². The number of aliphatic hydroxyl groups is 1. The molecule has 3 heteroatoms. The van der Waals surface area contributed by atoms with Gasteiger partial charge in [-0.3, -0.25) is 4.90 Å². The summed E-state index contributed by atoms with van der Waals surface area (Å²) in [5.41, 5.74) is 3.82. The fourth-order valence-corrected chi connectivity index (χ4v) is 4.52. The molecule has 0 aromatic heterocycles. The highest BCUT2D eigenvalue weighted by molar-refractivity contribution is 5.20. The van der Waals surface area contributed by atoms with E-state index < -0.39 is 6.10 Å². The lowest BCUT2D eigenvalue weighted by atomic mass is 9.93. The minimum absolute atomic E-state index is 0.0309. The Balaban J connectivity index is 1.64. The quantitative estimate of drug-likeness (QED) is 0.558. The largest absolute Gasteiger partial charge is 0.390 e. The fraction of sp³-hybridized carbons (Fsp3) is 0.333. The molecule has 3 atom stereocenters. The number of nitrogens with zero attached hydrogens (tertiary/aromatic N) is 1. The van der Waals surface area contributed by atoms with Gasteiger partial charge in [0.25, 0.3) is 0 Å². The average molecular weight is 401 g/mol. The van der Waals surface area contributed by atoms with Gasteiger partial charge >= 0.3 is 0 Å². The molecule has 1 unspecified atom stereocenters. The van der Waals surface area contributed by atoms with Crippen LogP contribution in [0.2, 0.25) is 0 Å². The van der Waals surface area contributed by atoms with Crippen molar-refractivity contribution < 1.29 is 5.11 Å². The van der Waals surface area contributed by atoms with Crippen LogP contribution in [-0.2, 0) is 19.5 Å². The smallest absolute Gasteiger partial charge is 0.0851 e. The Morgan fingerprint density at radius 1 is 0.767 bits per heavy atom. The van der Waals surface area contributed by atoms with Gasteiger partial charge in [-0.05, 0) is 42.5 Å². The molecule has 0 radical (unpaired) electrons. The Hall–Kier alpha value is -2.46. The average Bonchev–Trinajstić information content (AvgIpc) is 3.34. The molecule has 0 spiro atoms. The van der Waals surface area contributed by atoms with Gasteiger partial charge in [-0.15, -0.1) is 0 Å². The third-order valence-electron chi connectivity index (χ3n) is 6.12. The van der Waals surface area contributed by atoms with Crippen LogP contribution in [-0.4, -0.2) is 34.7 Å². The van der Waals surface area contributed by atoms with E-state index in [2.05, 4.69) is 101 Å². The summed E-state index contributed by atoms with van der Waals surface area (Å²) in [5, 5.41) is 15.0. The number of nitrogens with one attached hydrogen (secondary N) is 1. The Kier molecular flexibility index (Phi) is 7.30. The van der Waals surface area contributed by atoms with Crippen LogP contribution in [0, 0.1) is 0 Å². The molecule has 2 N–H and O–H groups in total. The highest BCUT2D eigenvalue weighted by Gasteiger charge is 2.33. The number of rotatable bonds is 9. The standard InChI is InChI=1S/C27H32N2O/c30-27(25-17-10-18-28-25)26(19-22-11-4-1-5-12-22)29(20-23-13-6-2-7-14-23)21-24-15-8-3-9-16-24/h1-9,11-16,25-28,30H,10,17-21H2/t25?,26-,27-/m0/s1. The first kappa shape index (κ1) is 20.8. The Morgan fingerprint density at radius 3 is 1.73 bits per heavy atom. The third-order valence-corrected chi connectivity index (χ3v) is 6.12. The normalized spacial score (nSPS) is 18.4. The van der Waals surface area contributed by atoms with E-state index in [1.54, 1.807) is 0 Å². The van der Waals surface area contributed by atoms with Gasteiger partial charge in [0.05, 0.1) is 6.10 Å². The monoisotopic (exact) mass is 400 g/mol. The van der Waals surface area contributed by atoms with Crippen molar-refractivity contribution in [3.8, 4) is 0 Å². The maximum Gasteiger partial charge on any atom is 0.0851 e. The first-order valence-corrected chi connectivity index (χ1v) is 11.1. The van der Waals surface area contributed by atoms with Crippen LogP contribution in [0.15, 0.2) is 91.0 Å². The van der Waals surface area contributed by atoms with Crippen molar-refractivity contribution in [2.75, 3.05) is 6.54 Å². The van der Waals surface area contributed by atoms with Crippen LogP contribution in [0.3, 0.4) is 0 Å². The van der Waals surface area contributed by atoms with Crippen molar-refractivity contribution in [2.45, 2.75) is 50.5 Å². The van der Waals surface area contributed by atoms with Crippen molar-refractivity contribution in [1.82, 2.24) is 10.2 Å². The summed E-state index contributed by atoms with van der Waals surface area (Å²) in [7, 11) is 0. The maximum absolute atomic E-state index is 11.5. The van der Waals surface area contributed by atoms with Gasteiger partial charge in [0.2, 0.25) is 0 Å². The van der Waals surface area contributed by atoms with Crippen LogP contribution in [0.4, 0.5) is 0 Å². The topological polar surface area (TPSA) is 35.5 Å². The Morgan fingerprint density at radius 2 is 1.27 bits per heavy atom. The molecular weight excluding hydrogens is 368 g/mol. The Labute approximate surface area is 180 Å². The molecule has 0 bridgehead atoms. The van der Waals surface area contributed by atoms with Crippen LogP contribution >= 0.6 is 0 Å². The van der Waals surface area contributed by atoms with Crippen LogP contribution in [0.25, 0.3) is 0 Å². The maximum atomic E-state index is 11.5. The summed E-state index contributed by atoms with van der Waals surface area (Å²) < 4.78 is 0. The minimum Gasteiger partial charge on any atom is -0.390 e. The SMILES string of the molecule is O[C@@H](C1CCCN1)[C@H](Cc1ccccc1)N(Cc1ccccc1)Cc1ccccc1. The van der Waals surface area contributed by atoms with Gasteiger partial charge < -0.3 is 10.4 Å². The van der Waals surface area contributed by atoms with Crippen LogP contribution < -0.4 is 5.32 Å². The van der Waals surface area contributed by atoms with E-state index in [9.17, 15) is 5.11 Å². The number of benzene rings is 3. The molecule has 3 aromatic rings. The molecular formula is C27H32N2O. The van der Waals surface area contributed by atoms with Crippen LogP contribution in [0.5, 0.6) is 0 Å². The molecule has 0 saturated carbocycles. The molecule has 1 aliphatic rings. The van der Waals surface area contributed by atoms with E-state index in [4.69, 9.17) is 0 Å². The van der Waals surface area contributed by atoms with Crippen molar-refractivity contribution in [2.24, 2.45) is 0 Å². The number of hydrogen-bond donors (Lipinski definition) is 2. The zero-order chi connectivity index (χ0) is 20.6. The fourth-order valence-electron chi connectivity index (χ4n) is 4.52. The lowest BCUT2D eigenvalue weighted by Gasteiger charge is -2.37. The van der Waals surface area contributed by atoms with E-state index in [0.29, 0.717) is 0 Å². The second-order valence-corrected chi connectivity index (χ2v) is 8.33. The molecule has 1 heterocycles. The van der Waals surface area contributed by atoms with E-state index in [1.807, 2.05) is 0 Å². The molecule has 156 valence electrons. The predicted molar refractivity (Wildman–Crippen MR) is 123 cm³/mol. The van der Waals surface area contributed by atoms with E-state index in [-0.39, 0.29) is 12.1 Å². The van der Waals surface area contributed by atoms with Gasteiger partial charge in [0, 0.05) is 25.2 Å². The van der Waals surface area contributed by atoms with Crippen molar-refractivity contribution in [3.05, 3.63) is 108 Å². The molecule has 4 rings (SSSR count). The summed E-state index contributed by atoms with van der Waals surface area (Å²) in [6.45, 7) is 2.63. The van der Waals surface area contributed by atoms with Gasteiger partial charge in [-0.2, -0.15) is 0 Å². The third kappa shape index (κ3) is 5.57. The highest BCUT2D eigenvalue weighted by atomic mass is 16.3. The van der Waals surface area contributed by atoms with Crippen molar-refractivity contribution in [1.29, 1.82) is 0 Å². The minimum atomic E-state index is -0.417. The first-order valence-electron chi connectivity index (χ1n) is 11.1. The molecule has 30 heavy (non-hydrogen) atoms.